The van der Waals surface area contributed by atoms with Gasteiger partial charge in [-0.3, -0.25) is 0 Å². The van der Waals surface area contributed by atoms with Crippen molar-refractivity contribution in [3.63, 3.8) is 0 Å². The fourth-order valence-corrected chi connectivity index (χ4v) is 1.14. The molecule has 4 heteroatoms. The predicted octanol–water partition coefficient (Wildman–Crippen LogP) is 1.82. The maximum absolute atomic E-state index is 8.12. The van der Waals surface area contributed by atoms with E-state index in [1.165, 1.54) is 11.4 Å². The van der Waals surface area contributed by atoms with Gasteiger partial charge in [0.25, 0.3) is 0 Å². The smallest absolute Gasteiger partial charge is 0.346 e. The van der Waals surface area contributed by atoms with Gasteiger partial charge in [-0.15, -0.1) is 0 Å². The summed E-state index contributed by atoms with van der Waals surface area (Å²) in [4.78, 5) is 24.0. The lowest BCUT2D eigenvalue weighted by Gasteiger charge is -1.96. The lowest BCUT2D eigenvalue weighted by molar-refractivity contribution is -0.191. The van der Waals surface area contributed by atoms with E-state index in [9.17, 15) is 0 Å². The van der Waals surface area contributed by atoms with Crippen molar-refractivity contribution in [2.75, 3.05) is 0 Å². The first-order chi connectivity index (χ1) is 6.56. The van der Waals surface area contributed by atoms with E-state index in [4.69, 9.17) is 9.59 Å². The summed E-state index contributed by atoms with van der Waals surface area (Å²) in [5.74, 6) is 1.62. The van der Waals surface area contributed by atoms with Crippen LogP contribution in [0.15, 0.2) is 0 Å². The van der Waals surface area contributed by atoms with Gasteiger partial charge in [0.2, 0.25) is 0 Å². The van der Waals surface area contributed by atoms with Crippen molar-refractivity contribution >= 4 is 6.15 Å². The number of rotatable bonds is 2. The molecule has 1 aromatic heterocycles. The van der Waals surface area contributed by atoms with Gasteiger partial charge in [-0.1, -0.05) is 20.8 Å². The number of H-pyrrole nitrogens is 1. The van der Waals surface area contributed by atoms with Crippen molar-refractivity contribution in [1.29, 1.82) is 0 Å². The molecule has 78 valence electrons. The van der Waals surface area contributed by atoms with Crippen molar-refractivity contribution in [1.82, 2.24) is 9.97 Å². The van der Waals surface area contributed by atoms with Gasteiger partial charge in [0.05, 0.1) is 5.69 Å². The molecule has 4 nitrogen and oxygen atoms in total. The van der Waals surface area contributed by atoms with Crippen LogP contribution in [0.2, 0.25) is 0 Å². The molecule has 0 atom stereocenters. The molecule has 0 bridgehead atoms. The number of nitrogens with zero attached hydrogens (tertiary/aromatic N) is 1. The number of imidazole rings is 1. The second-order valence-electron chi connectivity index (χ2n) is 3.29. The number of carbonyl (C=O) groups excluding carboxylic acids is 2. The second-order valence-corrected chi connectivity index (χ2v) is 3.29. The lowest BCUT2D eigenvalue weighted by Crippen LogP contribution is -1.89. The number of aryl methyl sites for hydroxylation is 2. The molecule has 0 aliphatic heterocycles. The number of aromatic nitrogens is 2. The summed E-state index contributed by atoms with van der Waals surface area (Å²) in [5, 5.41) is 0. The van der Waals surface area contributed by atoms with Crippen LogP contribution in [0.1, 0.15) is 43.9 Å². The van der Waals surface area contributed by atoms with E-state index in [2.05, 4.69) is 37.7 Å². The normalized spacial score (nSPS) is 9.21. The zero-order chi connectivity index (χ0) is 11.1. The molecule has 0 saturated heterocycles. The van der Waals surface area contributed by atoms with E-state index in [-0.39, 0.29) is 6.15 Å². The van der Waals surface area contributed by atoms with Crippen LogP contribution < -0.4 is 0 Å². The minimum atomic E-state index is 0.250. The maximum Gasteiger partial charge on any atom is 0.373 e. The Morgan fingerprint density at radius 1 is 1.43 bits per heavy atom. The van der Waals surface area contributed by atoms with Gasteiger partial charge in [-0.25, -0.2) is 4.98 Å². The van der Waals surface area contributed by atoms with Crippen LogP contribution in [0.4, 0.5) is 0 Å². The van der Waals surface area contributed by atoms with Crippen LogP contribution in [0.25, 0.3) is 0 Å². The molecule has 14 heavy (non-hydrogen) atoms. The van der Waals surface area contributed by atoms with E-state index < -0.39 is 0 Å². The SMILES string of the molecule is CCc1nc(C(C)C)[nH]c1C.O=C=O. The molecule has 0 fully saturated rings. The van der Waals surface area contributed by atoms with Gasteiger partial charge in [-0.2, -0.15) is 9.59 Å². The van der Waals surface area contributed by atoms with Crippen LogP contribution in [0, 0.1) is 6.92 Å². The first-order valence-electron chi connectivity index (χ1n) is 4.61. The van der Waals surface area contributed by atoms with Gasteiger partial charge >= 0.3 is 6.15 Å². The van der Waals surface area contributed by atoms with Crippen molar-refractivity contribution in [2.45, 2.75) is 40.0 Å². The molecule has 1 rings (SSSR count). The fraction of sp³-hybridized carbons (Fsp3) is 0.600. The Morgan fingerprint density at radius 3 is 2.14 bits per heavy atom. The standard InChI is InChI=1S/C9H16N2.CO2/c1-5-8-7(4)10-9(11-8)6(2)3;2-1-3/h6H,5H2,1-4H3,(H,10,11);. The minimum absolute atomic E-state index is 0.250. The highest BCUT2D eigenvalue weighted by Gasteiger charge is 2.06. The molecular weight excluding hydrogens is 180 g/mol. The highest BCUT2D eigenvalue weighted by atomic mass is 16.2. The van der Waals surface area contributed by atoms with Crippen LogP contribution in [0.5, 0.6) is 0 Å². The average Bonchev–Trinajstić information content (AvgIpc) is 2.48. The van der Waals surface area contributed by atoms with E-state index in [0.717, 1.165) is 12.2 Å². The van der Waals surface area contributed by atoms with E-state index in [0.29, 0.717) is 5.92 Å². The van der Waals surface area contributed by atoms with Gasteiger partial charge in [-0.05, 0) is 13.3 Å². The van der Waals surface area contributed by atoms with Gasteiger partial charge in [0.1, 0.15) is 5.82 Å². The van der Waals surface area contributed by atoms with Crippen molar-refractivity contribution in [3.8, 4) is 0 Å². The molecule has 0 unspecified atom stereocenters. The summed E-state index contributed by atoms with van der Waals surface area (Å²) in [5.41, 5.74) is 2.42. The molecule has 0 spiro atoms. The molecule has 0 saturated carbocycles. The average molecular weight is 196 g/mol. The number of hydrogen-bond donors (Lipinski definition) is 1. The van der Waals surface area contributed by atoms with Crippen molar-refractivity contribution in [3.05, 3.63) is 17.2 Å². The topological polar surface area (TPSA) is 62.8 Å². The van der Waals surface area contributed by atoms with E-state index >= 15 is 0 Å². The third-order valence-electron chi connectivity index (χ3n) is 1.89. The monoisotopic (exact) mass is 196 g/mol. The molecule has 1 aromatic rings. The largest absolute Gasteiger partial charge is 0.373 e. The Labute approximate surface area is 83.7 Å². The number of aromatic amines is 1. The van der Waals surface area contributed by atoms with E-state index in [1.54, 1.807) is 0 Å². The van der Waals surface area contributed by atoms with E-state index in [1.807, 2.05) is 0 Å². The van der Waals surface area contributed by atoms with Crippen LogP contribution in [-0.2, 0) is 16.0 Å². The first kappa shape index (κ1) is 12.6. The number of nitrogens with one attached hydrogen (secondary N) is 1. The fourth-order valence-electron chi connectivity index (χ4n) is 1.14. The molecule has 0 radical (unpaired) electrons. The maximum atomic E-state index is 8.12. The highest BCUT2D eigenvalue weighted by Crippen LogP contribution is 2.13. The zero-order valence-corrected chi connectivity index (χ0v) is 9.05. The zero-order valence-electron chi connectivity index (χ0n) is 9.05. The Balaban J connectivity index is 0.000000500. The van der Waals surface area contributed by atoms with Crippen LogP contribution in [0.3, 0.4) is 0 Å². The quantitative estimate of drug-likeness (QED) is 0.784. The van der Waals surface area contributed by atoms with Crippen LogP contribution in [-0.4, -0.2) is 16.1 Å². The van der Waals surface area contributed by atoms with Crippen LogP contribution >= 0.6 is 0 Å². The highest BCUT2D eigenvalue weighted by molar-refractivity contribution is 5.20. The summed E-state index contributed by atoms with van der Waals surface area (Å²) < 4.78 is 0. The summed E-state index contributed by atoms with van der Waals surface area (Å²) in [6.07, 6.45) is 1.27. The molecule has 0 aliphatic rings. The summed E-state index contributed by atoms with van der Waals surface area (Å²) >= 11 is 0. The van der Waals surface area contributed by atoms with Gasteiger partial charge in [0.15, 0.2) is 0 Å². The van der Waals surface area contributed by atoms with Crippen molar-refractivity contribution in [2.24, 2.45) is 0 Å². The molecule has 0 aliphatic carbocycles. The Bertz CT molecular complexity index is 310. The summed E-state index contributed by atoms with van der Waals surface area (Å²) in [6.45, 7) is 8.51. The summed E-state index contributed by atoms with van der Waals surface area (Å²) in [7, 11) is 0. The van der Waals surface area contributed by atoms with Gasteiger partial charge in [0, 0.05) is 11.6 Å². The van der Waals surface area contributed by atoms with Gasteiger partial charge < -0.3 is 4.98 Å². The molecule has 0 amide bonds. The lowest BCUT2D eigenvalue weighted by atomic mass is 10.2. The number of hydrogen-bond acceptors (Lipinski definition) is 3. The third-order valence-corrected chi connectivity index (χ3v) is 1.89. The molecule has 0 aromatic carbocycles. The minimum Gasteiger partial charge on any atom is -0.346 e. The molecule has 1 heterocycles. The summed E-state index contributed by atoms with van der Waals surface area (Å²) in [6, 6.07) is 0. The first-order valence-corrected chi connectivity index (χ1v) is 4.61. The third kappa shape index (κ3) is 3.54. The Kier molecular flexibility index (Phi) is 5.49. The Hall–Kier alpha value is -1.41. The Morgan fingerprint density at radius 2 is 1.93 bits per heavy atom. The second kappa shape index (κ2) is 6.11. The van der Waals surface area contributed by atoms with Crippen molar-refractivity contribution < 1.29 is 9.59 Å². The molecule has 1 N–H and O–H groups in total. The molecular formula is C10H16N2O2. The predicted molar refractivity (Wildman–Crippen MR) is 51.8 cm³/mol.